The second kappa shape index (κ2) is 5.49. The highest BCUT2D eigenvalue weighted by Crippen LogP contribution is 2.18. The van der Waals surface area contributed by atoms with E-state index in [2.05, 4.69) is 0 Å². The fourth-order valence-electron chi connectivity index (χ4n) is 2.35. The quantitative estimate of drug-likeness (QED) is 0.824. The third kappa shape index (κ3) is 2.88. The summed E-state index contributed by atoms with van der Waals surface area (Å²) in [6, 6.07) is 1.30. The van der Waals surface area contributed by atoms with Gasteiger partial charge in [0.05, 0.1) is 6.54 Å². The second-order valence-electron chi connectivity index (χ2n) is 4.77. The van der Waals surface area contributed by atoms with Gasteiger partial charge in [-0.1, -0.05) is 0 Å². The van der Waals surface area contributed by atoms with Crippen LogP contribution in [0.4, 0.5) is 0 Å². The summed E-state index contributed by atoms with van der Waals surface area (Å²) in [5.74, 6) is 0.545. The molecule has 1 N–H and O–H groups in total. The standard InChI is InChI=1S/C12H18N2O4/c1-9-6-11(16)14(18-9)12(17)8-13-4-2-10(7-13)3-5-15/h6,10,15H,2-5,7-8H2,1H3. The fraction of sp³-hybridized carbons (Fsp3) is 0.667. The molecule has 6 heteroatoms. The van der Waals surface area contributed by atoms with Crippen LogP contribution in [0.1, 0.15) is 23.4 Å². The number of likely N-dealkylation sites (tertiary alicyclic amines) is 1. The average Bonchev–Trinajstić information content (AvgIpc) is 2.86. The SMILES string of the molecule is Cc1cc(=O)n(C(=O)CN2CCC(CCO)C2)o1. The van der Waals surface area contributed by atoms with Gasteiger partial charge in [-0.05, 0) is 32.2 Å². The molecule has 0 aliphatic carbocycles. The van der Waals surface area contributed by atoms with E-state index in [1.165, 1.54) is 6.07 Å². The summed E-state index contributed by atoms with van der Waals surface area (Å²) in [6.45, 7) is 3.63. The van der Waals surface area contributed by atoms with Crippen LogP contribution in [0.15, 0.2) is 15.4 Å². The summed E-state index contributed by atoms with van der Waals surface area (Å²) in [4.78, 5) is 25.3. The van der Waals surface area contributed by atoms with Gasteiger partial charge in [0, 0.05) is 19.2 Å². The normalized spacial score (nSPS) is 20.4. The molecule has 18 heavy (non-hydrogen) atoms. The lowest BCUT2D eigenvalue weighted by Gasteiger charge is -2.13. The van der Waals surface area contributed by atoms with Gasteiger partial charge in [-0.3, -0.25) is 14.5 Å². The topological polar surface area (TPSA) is 75.7 Å². The number of aliphatic hydroxyl groups is 1. The molecule has 2 heterocycles. The van der Waals surface area contributed by atoms with E-state index >= 15 is 0 Å². The van der Waals surface area contributed by atoms with Crippen molar-refractivity contribution >= 4 is 5.91 Å². The number of aromatic nitrogens is 1. The maximum atomic E-state index is 11.9. The first-order valence-corrected chi connectivity index (χ1v) is 6.16. The van der Waals surface area contributed by atoms with E-state index in [1.807, 2.05) is 4.90 Å². The molecule has 0 bridgehead atoms. The number of aliphatic hydroxyl groups excluding tert-OH is 1. The number of rotatable bonds is 4. The van der Waals surface area contributed by atoms with E-state index < -0.39 is 5.56 Å². The third-order valence-electron chi connectivity index (χ3n) is 3.25. The van der Waals surface area contributed by atoms with Crippen LogP contribution in [0.5, 0.6) is 0 Å². The molecule has 1 saturated heterocycles. The molecule has 1 atom stereocenters. The van der Waals surface area contributed by atoms with Crippen molar-refractivity contribution in [1.82, 2.24) is 9.64 Å². The summed E-state index contributed by atoms with van der Waals surface area (Å²) < 4.78 is 5.86. The monoisotopic (exact) mass is 254 g/mol. The number of aryl methyl sites for hydroxylation is 1. The molecule has 1 aromatic rings. The smallest absolute Gasteiger partial charge is 0.290 e. The van der Waals surface area contributed by atoms with E-state index in [9.17, 15) is 9.59 Å². The first-order valence-electron chi connectivity index (χ1n) is 6.16. The zero-order valence-electron chi connectivity index (χ0n) is 10.5. The molecule has 0 spiro atoms. The lowest BCUT2D eigenvalue weighted by Crippen LogP contribution is -2.34. The Morgan fingerprint density at radius 2 is 2.39 bits per heavy atom. The predicted octanol–water partition coefficient (Wildman–Crippen LogP) is 0.0942. The number of nitrogens with zero attached hydrogens (tertiary/aromatic N) is 2. The number of hydrogen-bond donors (Lipinski definition) is 1. The summed E-state index contributed by atoms with van der Waals surface area (Å²) in [6.07, 6.45) is 1.75. The molecule has 1 fully saturated rings. The van der Waals surface area contributed by atoms with Gasteiger partial charge in [0.25, 0.3) is 11.5 Å². The maximum Gasteiger partial charge on any atom is 0.290 e. The van der Waals surface area contributed by atoms with Gasteiger partial charge in [-0.2, -0.15) is 0 Å². The first-order chi connectivity index (χ1) is 8.60. The molecule has 2 rings (SSSR count). The Labute approximate surface area is 105 Å². The van der Waals surface area contributed by atoms with Crippen LogP contribution in [0.25, 0.3) is 0 Å². The molecule has 0 radical (unpaired) electrons. The zero-order chi connectivity index (χ0) is 13.1. The van der Waals surface area contributed by atoms with Gasteiger partial charge < -0.3 is 9.63 Å². The molecule has 100 valence electrons. The largest absolute Gasteiger partial charge is 0.396 e. The Morgan fingerprint density at radius 1 is 1.61 bits per heavy atom. The van der Waals surface area contributed by atoms with Gasteiger partial charge in [-0.15, -0.1) is 4.74 Å². The van der Waals surface area contributed by atoms with Gasteiger partial charge in [0.1, 0.15) is 5.76 Å². The minimum Gasteiger partial charge on any atom is -0.396 e. The third-order valence-corrected chi connectivity index (χ3v) is 3.25. The van der Waals surface area contributed by atoms with Crippen molar-refractivity contribution in [3.05, 3.63) is 22.2 Å². The van der Waals surface area contributed by atoms with Crippen LogP contribution >= 0.6 is 0 Å². The Balaban J connectivity index is 1.93. The van der Waals surface area contributed by atoms with E-state index in [4.69, 9.17) is 9.63 Å². The average molecular weight is 254 g/mol. The van der Waals surface area contributed by atoms with Crippen molar-refractivity contribution < 1.29 is 14.4 Å². The molecule has 0 aromatic carbocycles. The molecule has 1 unspecified atom stereocenters. The molecular formula is C12H18N2O4. The summed E-state index contributed by atoms with van der Waals surface area (Å²) in [5, 5.41) is 8.87. The highest BCUT2D eigenvalue weighted by Gasteiger charge is 2.25. The van der Waals surface area contributed by atoms with E-state index in [-0.39, 0.29) is 19.1 Å². The molecular weight excluding hydrogens is 236 g/mol. The second-order valence-corrected chi connectivity index (χ2v) is 4.77. The van der Waals surface area contributed by atoms with E-state index in [1.54, 1.807) is 6.92 Å². The summed E-state index contributed by atoms with van der Waals surface area (Å²) in [5.41, 5.74) is -0.413. The van der Waals surface area contributed by atoms with Gasteiger partial charge >= 0.3 is 0 Å². The van der Waals surface area contributed by atoms with Crippen LogP contribution in [-0.4, -0.2) is 46.9 Å². The molecule has 0 amide bonds. The minimum atomic E-state index is -0.413. The lowest BCUT2D eigenvalue weighted by molar-refractivity contribution is 0.0727. The molecule has 6 nitrogen and oxygen atoms in total. The molecule has 1 aromatic heterocycles. The highest BCUT2D eigenvalue weighted by molar-refractivity contribution is 5.79. The van der Waals surface area contributed by atoms with Crippen molar-refractivity contribution in [2.24, 2.45) is 5.92 Å². The van der Waals surface area contributed by atoms with Crippen molar-refractivity contribution in [2.45, 2.75) is 19.8 Å². The minimum absolute atomic E-state index is 0.184. The highest BCUT2D eigenvalue weighted by atomic mass is 16.5. The molecule has 1 aliphatic heterocycles. The summed E-state index contributed by atoms with van der Waals surface area (Å²) >= 11 is 0. The van der Waals surface area contributed by atoms with Gasteiger partial charge in [-0.25, -0.2) is 0 Å². The van der Waals surface area contributed by atoms with Crippen LogP contribution in [0.2, 0.25) is 0 Å². The predicted molar refractivity (Wildman–Crippen MR) is 64.6 cm³/mol. The maximum absolute atomic E-state index is 11.9. The number of carbonyl (C=O) groups is 1. The van der Waals surface area contributed by atoms with Crippen LogP contribution in [-0.2, 0) is 0 Å². The number of hydrogen-bond acceptors (Lipinski definition) is 5. The Bertz CT molecular complexity index is 477. The Hall–Kier alpha value is -1.40. The summed E-state index contributed by atoms with van der Waals surface area (Å²) in [7, 11) is 0. The van der Waals surface area contributed by atoms with Crippen LogP contribution < -0.4 is 5.56 Å². The van der Waals surface area contributed by atoms with E-state index in [0.29, 0.717) is 11.7 Å². The Morgan fingerprint density at radius 3 is 3.00 bits per heavy atom. The lowest BCUT2D eigenvalue weighted by atomic mass is 10.1. The van der Waals surface area contributed by atoms with Crippen molar-refractivity contribution in [2.75, 3.05) is 26.2 Å². The van der Waals surface area contributed by atoms with Gasteiger partial charge in [0.2, 0.25) is 0 Å². The zero-order valence-corrected chi connectivity index (χ0v) is 10.5. The fourth-order valence-corrected chi connectivity index (χ4v) is 2.35. The van der Waals surface area contributed by atoms with E-state index in [0.717, 1.165) is 30.7 Å². The van der Waals surface area contributed by atoms with Crippen molar-refractivity contribution in [1.29, 1.82) is 0 Å². The molecule has 0 saturated carbocycles. The van der Waals surface area contributed by atoms with Crippen LogP contribution in [0, 0.1) is 12.8 Å². The van der Waals surface area contributed by atoms with Crippen molar-refractivity contribution in [3.63, 3.8) is 0 Å². The number of carbonyl (C=O) groups excluding carboxylic acids is 1. The van der Waals surface area contributed by atoms with Crippen molar-refractivity contribution in [3.8, 4) is 0 Å². The van der Waals surface area contributed by atoms with Crippen LogP contribution in [0.3, 0.4) is 0 Å². The molecule has 1 aliphatic rings. The first kappa shape index (κ1) is 13.0. The van der Waals surface area contributed by atoms with Gasteiger partial charge in [0.15, 0.2) is 0 Å². The Kier molecular flexibility index (Phi) is 3.98.